The van der Waals surface area contributed by atoms with Gasteiger partial charge in [-0.2, -0.15) is 13.2 Å². The van der Waals surface area contributed by atoms with E-state index in [2.05, 4.69) is 91.6 Å². The van der Waals surface area contributed by atoms with Crippen molar-refractivity contribution in [3.05, 3.63) is 151 Å². The molecule has 7 rings (SSSR count). The molecule has 0 aromatic heterocycles. The Morgan fingerprint density at radius 3 is 1.07 bits per heavy atom. The van der Waals surface area contributed by atoms with Gasteiger partial charge in [-0.3, -0.25) is 33.6 Å². The summed E-state index contributed by atoms with van der Waals surface area (Å²) < 4.78 is 340. The van der Waals surface area contributed by atoms with Crippen LogP contribution in [0.3, 0.4) is 0 Å². The highest BCUT2D eigenvalue weighted by molar-refractivity contribution is 14.1. The molecule has 0 saturated heterocycles. The topological polar surface area (TPSA) is 287 Å². The third-order valence-corrected chi connectivity index (χ3v) is 13.3. The minimum Gasteiger partial charge on any atom is -0.497 e. The Balaban J connectivity index is 0.000000689. The van der Waals surface area contributed by atoms with Gasteiger partial charge in [-0.1, -0.05) is 22.0 Å². The van der Waals surface area contributed by atoms with Gasteiger partial charge in [-0.05, 0) is 148 Å². The molecule has 0 fully saturated rings. The molecule has 51 heteroatoms. The van der Waals surface area contributed by atoms with Crippen molar-refractivity contribution in [2.24, 2.45) is 0 Å². The lowest BCUT2D eigenvalue weighted by molar-refractivity contribution is -0.275. The predicted octanol–water partition coefficient (Wildman–Crippen LogP) is 21.4. The molecule has 118 heavy (non-hydrogen) atoms. The Labute approximate surface area is 678 Å². The van der Waals surface area contributed by atoms with Crippen LogP contribution in [0.5, 0.6) is 51.7 Å². The van der Waals surface area contributed by atoms with Gasteiger partial charge in [0.1, 0.15) is 17.3 Å². The number of hydrogen-bond donors (Lipinski definition) is 7. The maximum atomic E-state index is 12.7. The van der Waals surface area contributed by atoms with E-state index < -0.39 is 149 Å². The lowest BCUT2D eigenvalue weighted by Gasteiger charge is -2.17. The summed E-state index contributed by atoms with van der Waals surface area (Å²) in [6, 6.07) is 21.9. The van der Waals surface area contributed by atoms with E-state index in [4.69, 9.17) is 9.47 Å². The number of ether oxygens (including phenoxy) is 9. The number of amides is 7. The Kier molecular flexibility index (Phi) is 40.6. The fraction of sp³-hybridized carbons (Fsp3) is 0.269. The van der Waals surface area contributed by atoms with Gasteiger partial charge in [0, 0.05) is 79.2 Å². The molecule has 0 heterocycles. The van der Waals surface area contributed by atoms with Gasteiger partial charge < -0.3 is 79.8 Å². The molecule has 0 aliphatic heterocycles. The highest BCUT2D eigenvalue weighted by atomic mass is 127. The number of carbonyl (C=O) groups is 7. The minimum absolute atomic E-state index is 0.00904. The third-order valence-electron chi connectivity index (χ3n) is 11.5. The molecule has 0 unspecified atom stereocenters. The first-order valence-electron chi connectivity index (χ1n) is 30.6. The maximum Gasteiger partial charge on any atom is 0.573 e. The van der Waals surface area contributed by atoms with Crippen LogP contribution in [0.25, 0.3) is 0 Å². The van der Waals surface area contributed by atoms with Gasteiger partial charge in [-0.15, -0.1) is 92.2 Å². The smallest absolute Gasteiger partial charge is 0.497 e. The summed E-state index contributed by atoms with van der Waals surface area (Å²) in [5, 5.41) is 15.1. The van der Waals surface area contributed by atoms with Crippen LogP contribution in [0.1, 0.15) is 59.6 Å². The fourth-order valence-corrected chi connectivity index (χ4v) is 9.00. The van der Waals surface area contributed by atoms with Crippen LogP contribution in [0.2, 0.25) is 0 Å². The average Bonchev–Trinajstić information content (AvgIpc) is 0.828. The van der Waals surface area contributed by atoms with Gasteiger partial charge in [0.2, 0.25) is 41.4 Å². The number of hydrogen-bond acceptors (Lipinski definition) is 16. The highest BCUT2D eigenvalue weighted by Gasteiger charge is 2.39. The van der Waals surface area contributed by atoms with E-state index in [1.807, 2.05) is 33.2 Å². The average molecular weight is 1980 g/mol. The van der Waals surface area contributed by atoms with E-state index in [9.17, 15) is 143 Å². The van der Waals surface area contributed by atoms with E-state index in [0.29, 0.717) is 42.2 Å². The number of carbonyl (C=O) groups excluding carboxylic acids is 7. The first kappa shape index (κ1) is 105. The van der Waals surface area contributed by atoms with Crippen LogP contribution in [0, 0.1) is 16.3 Å². The van der Waals surface area contributed by atoms with Crippen molar-refractivity contribution in [1.82, 2.24) is 0 Å². The van der Waals surface area contributed by atoms with Gasteiger partial charge in [0.15, 0.2) is 40.2 Å². The molecule has 0 bridgehead atoms. The Morgan fingerprint density at radius 1 is 0.331 bits per heavy atom. The molecule has 0 aliphatic carbocycles. The minimum atomic E-state index is -5.08. The van der Waals surface area contributed by atoms with Crippen LogP contribution >= 0.6 is 54.5 Å². The molecule has 7 aromatic carbocycles. The zero-order chi connectivity index (χ0) is 91.2. The molecule has 0 spiro atoms. The van der Waals surface area contributed by atoms with Crippen molar-refractivity contribution in [3.8, 4) is 51.7 Å². The van der Waals surface area contributed by atoms with E-state index in [0.717, 1.165) is 50.2 Å². The number of nitrogens with one attached hydrogen (secondary N) is 7. The number of aryl methyl sites for hydroxylation is 1. The quantitative estimate of drug-likeness (QED) is 0.0350. The Morgan fingerprint density at radius 2 is 0.669 bits per heavy atom. The monoisotopic (exact) mass is 1980 g/mol. The number of alkyl halides is 24. The second-order valence-corrected chi connectivity index (χ2v) is 24.5. The predicted molar refractivity (Wildman–Crippen MR) is 383 cm³/mol. The normalized spacial score (nSPS) is 11.2. The summed E-state index contributed by atoms with van der Waals surface area (Å²) in [6.45, 7) is 9.41. The number of para-hydroxylation sites is 1. The Hall–Kier alpha value is -11.0. The largest absolute Gasteiger partial charge is 0.573 e. The molecule has 0 radical (unpaired) electrons. The number of anilines is 7. The van der Waals surface area contributed by atoms with Gasteiger partial charge in [0.25, 0.3) is 0 Å². The summed E-state index contributed by atoms with van der Waals surface area (Å²) in [5.74, 6) is -7.91. The van der Waals surface area contributed by atoms with Crippen molar-refractivity contribution in [3.63, 3.8) is 0 Å². The van der Waals surface area contributed by atoms with E-state index in [1.54, 1.807) is 6.07 Å². The summed E-state index contributed by atoms with van der Waals surface area (Å²) in [4.78, 5) is 75.6. The second kappa shape index (κ2) is 45.6. The fourth-order valence-electron chi connectivity index (χ4n) is 7.75. The molecule has 0 saturated carbocycles. The first-order valence-corrected chi connectivity index (χ1v) is 33.3. The van der Waals surface area contributed by atoms with Crippen molar-refractivity contribution in [2.75, 3.05) is 51.4 Å². The van der Waals surface area contributed by atoms with Gasteiger partial charge in [-0.25, -0.2) is 4.39 Å². The maximum absolute atomic E-state index is 12.7. The van der Waals surface area contributed by atoms with Gasteiger partial charge >= 0.3 is 50.7 Å². The van der Waals surface area contributed by atoms with Crippen molar-refractivity contribution >= 4 is 136 Å². The Bertz CT molecular complexity index is 4470. The van der Waals surface area contributed by atoms with E-state index in [1.165, 1.54) is 116 Å². The number of benzene rings is 7. The van der Waals surface area contributed by atoms with Crippen LogP contribution in [-0.4, -0.2) is 100 Å². The number of halogens is 28. The second-order valence-electron chi connectivity index (χ2n) is 21.5. The van der Waals surface area contributed by atoms with E-state index >= 15 is 0 Å². The molecule has 7 aromatic rings. The molecule has 23 nitrogen and oxygen atoms in total. The molecular formula is C67H57Br2F25IN7O16. The van der Waals surface area contributed by atoms with Crippen molar-refractivity contribution in [2.45, 2.75) is 106 Å². The highest BCUT2D eigenvalue weighted by Crippen LogP contribution is 2.42. The van der Waals surface area contributed by atoms with Crippen LogP contribution < -0.4 is 79.8 Å². The van der Waals surface area contributed by atoms with Crippen molar-refractivity contribution < 1.29 is 186 Å². The SMILES string of the molecule is CC(=O)Nc1c(Br)cccc1OC(F)(F)F.CC(=O)Nc1cc(C(F)(F)F)ccc1OC(F)(F)F.CC(=O)Nc1cc(F)ccc1OC(F)(F)F.CC(=O)Nc1ccc(Br)cc1OC(F)(F)F.CC(=O)Nc1ccc(I)cc1OC(F)(F)F.COc1cc(C)c(OC(F)(F)F)c(NC(C)=O)c1.COc1ccc(OC(F)(F)F)c(NC(C)=O)c1. The first-order chi connectivity index (χ1) is 53.7. The summed E-state index contributed by atoms with van der Waals surface area (Å²) in [6.07, 6.45) is -38.7. The van der Waals surface area contributed by atoms with Crippen molar-refractivity contribution in [1.29, 1.82) is 0 Å². The zero-order valence-corrected chi connectivity index (χ0v) is 66.0. The summed E-state index contributed by atoms with van der Waals surface area (Å²) >= 11 is 7.88. The number of rotatable bonds is 16. The van der Waals surface area contributed by atoms with Crippen LogP contribution in [0.4, 0.5) is 150 Å². The molecule has 652 valence electrons. The standard InChI is InChI=1S/C11H12F3NO3.C10H7F6NO2.C10H10F3NO3.2C9H7BrF3NO2.C9H7F4NO2.C9H7F3INO2/c1-6-4-8(17-3)5-9(15-7(2)16)10(6)18-11(12,13)14;1-5(18)17-7-4-6(9(11,12)13)2-3-8(7)19-10(14,15)16;1-6(15)14-8-5-7(16-2)3-4-9(8)17-10(11,12)13;1-5(15)14-7-3-2-6(10)4-8(7)16-9(11,12)13;1-5(15)14-8-6(10)3-2-4-7(8)16-9(11,12)13;1-5(15)14-7-4-6(10)2-3-8(7)16-9(11,12)13;1-5(15)14-7-3-2-6(13)4-8(7)16-9(10,11)12/h4-5H,1-3H3,(H,15,16);2-4H,1H3,(H,17,18);3-5H,1-2H3,(H,14,15);4*2-4H,1H3,(H,14,15). The summed E-state index contributed by atoms with van der Waals surface area (Å²) in [7, 11) is 2.73. The molecule has 7 N–H and O–H groups in total. The third kappa shape index (κ3) is 46.1. The molecule has 7 amide bonds. The van der Waals surface area contributed by atoms with E-state index in [-0.39, 0.29) is 39.7 Å². The lowest BCUT2D eigenvalue weighted by atomic mass is 10.1. The molecular weight excluding hydrogens is 1920 g/mol. The molecule has 0 aliphatic rings. The van der Waals surface area contributed by atoms with Crippen LogP contribution in [-0.2, 0) is 39.7 Å². The zero-order valence-electron chi connectivity index (χ0n) is 60.7. The number of methoxy groups -OCH3 is 2. The lowest BCUT2D eigenvalue weighted by Crippen LogP contribution is -2.19. The summed E-state index contributed by atoms with van der Waals surface area (Å²) in [5.41, 5.74) is -2.36. The molecule has 0 atom stereocenters. The van der Waals surface area contributed by atoms with Crippen LogP contribution in [0.15, 0.2) is 130 Å². The van der Waals surface area contributed by atoms with Gasteiger partial charge in [0.05, 0.1) is 59.6 Å².